The van der Waals surface area contributed by atoms with Gasteiger partial charge in [0.1, 0.15) is 0 Å². The van der Waals surface area contributed by atoms with E-state index < -0.39 is 13.8 Å². The lowest BCUT2D eigenvalue weighted by atomic mass is 10.2. The van der Waals surface area contributed by atoms with Crippen molar-refractivity contribution in [1.29, 1.82) is 0 Å². The molecule has 1 atom stereocenters. The summed E-state index contributed by atoms with van der Waals surface area (Å²) in [6.45, 7) is 2.03. The van der Waals surface area contributed by atoms with Crippen molar-refractivity contribution in [2.24, 2.45) is 0 Å². The lowest BCUT2D eigenvalue weighted by molar-refractivity contribution is 0.0405. The van der Waals surface area contributed by atoms with Crippen LogP contribution in [0.4, 0.5) is 0 Å². The summed E-state index contributed by atoms with van der Waals surface area (Å²) >= 11 is 0. The highest BCUT2D eigenvalue weighted by Gasteiger charge is 2.52. The SMILES string of the molecule is O=S(=O)(Cl)C1(CCCOC2CCOC2)CC1. The number of hydrogen-bond donors (Lipinski definition) is 0. The summed E-state index contributed by atoms with van der Waals surface area (Å²) < 4.78 is 32.7. The Bertz CT molecular complexity index is 331. The molecule has 94 valence electrons. The molecule has 1 saturated heterocycles. The molecule has 0 amide bonds. The molecule has 0 aromatic carbocycles. The Morgan fingerprint density at radius 1 is 1.44 bits per heavy atom. The van der Waals surface area contributed by atoms with Crippen LogP contribution in [0.2, 0.25) is 0 Å². The maximum atomic E-state index is 11.3. The third-order valence-electron chi connectivity index (χ3n) is 3.34. The first-order chi connectivity index (χ1) is 7.54. The van der Waals surface area contributed by atoms with Crippen LogP contribution in [0.15, 0.2) is 0 Å². The predicted octanol–water partition coefficient (Wildman–Crippen LogP) is 1.67. The normalized spacial score (nSPS) is 28.2. The zero-order valence-corrected chi connectivity index (χ0v) is 10.7. The van der Waals surface area contributed by atoms with Gasteiger partial charge < -0.3 is 9.47 Å². The third kappa shape index (κ3) is 2.88. The maximum absolute atomic E-state index is 11.3. The Morgan fingerprint density at radius 2 is 2.19 bits per heavy atom. The van der Waals surface area contributed by atoms with Crippen molar-refractivity contribution in [3.05, 3.63) is 0 Å². The fourth-order valence-electron chi connectivity index (χ4n) is 2.04. The van der Waals surface area contributed by atoms with Gasteiger partial charge in [-0.05, 0) is 32.1 Å². The molecule has 0 aromatic heterocycles. The number of halogens is 1. The Morgan fingerprint density at radius 3 is 2.69 bits per heavy atom. The van der Waals surface area contributed by atoms with E-state index >= 15 is 0 Å². The molecular formula is C10H17ClO4S. The van der Waals surface area contributed by atoms with E-state index in [0.29, 0.717) is 32.5 Å². The maximum Gasteiger partial charge on any atom is 0.238 e. The fourth-order valence-corrected chi connectivity index (χ4v) is 3.72. The number of hydrogen-bond acceptors (Lipinski definition) is 4. The van der Waals surface area contributed by atoms with E-state index in [1.54, 1.807) is 0 Å². The molecule has 2 fully saturated rings. The minimum absolute atomic E-state index is 0.197. The molecule has 0 radical (unpaired) electrons. The Hall–Kier alpha value is 0.160. The molecule has 16 heavy (non-hydrogen) atoms. The van der Waals surface area contributed by atoms with E-state index in [1.807, 2.05) is 0 Å². The molecule has 1 heterocycles. The summed E-state index contributed by atoms with van der Waals surface area (Å²) in [4.78, 5) is 0. The van der Waals surface area contributed by atoms with Crippen molar-refractivity contribution < 1.29 is 17.9 Å². The minimum atomic E-state index is -3.40. The molecular weight excluding hydrogens is 252 g/mol. The van der Waals surface area contributed by atoms with E-state index in [1.165, 1.54) is 0 Å². The van der Waals surface area contributed by atoms with Gasteiger partial charge in [-0.2, -0.15) is 0 Å². The summed E-state index contributed by atoms with van der Waals surface area (Å²) in [6, 6.07) is 0. The van der Waals surface area contributed by atoms with Crippen LogP contribution in [0, 0.1) is 0 Å². The van der Waals surface area contributed by atoms with Crippen molar-refractivity contribution in [1.82, 2.24) is 0 Å². The van der Waals surface area contributed by atoms with Crippen LogP contribution in [-0.2, 0) is 18.5 Å². The lowest BCUT2D eigenvalue weighted by Crippen LogP contribution is -2.19. The van der Waals surface area contributed by atoms with Gasteiger partial charge in [0.25, 0.3) is 0 Å². The standard InChI is InChI=1S/C10H17ClO4S/c11-16(12,13)10(4-5-10)3-1-6-15-9-2-7-14-8-9/h9H,1-8H2. The Kier molecular flexibility index (Phi) is 3.79. The van der Waals surface area contributed by atoms with Crippen molar-refractivity contribution in [3.63, 3.8) is 0 Å². The summed E-state index contributed by atoms with van der Waals surface area (Å²) in [5.74, 6) is 0. The van der Waals surface area contributed by atoms with Crippen LogP contribution in [0.3, 0.4) is 0 Å². The first-order valence-corrected chi connectivity index (χ1v) is 7.98. The van der Waals surface area contributed by atoms with Crippen molar-refractivity contribution in [2.45, 2.75) is 43.0 Å². The lowest BCUT2D eigenvalue weighted by Gasteiger charge is -2.13. The van der Waals surface area contributed by atoms with Gasteiger partial charge in [-0.3, -0.25) is 0 Å². The highest BCUT2D eigenvalue weighted by Crippen LogP contribution is 2.49. The molecule has 0 N–H and O–H groups in total. The molecule has 6 heteroatoms. The molecule has 0 bridgehead atoms. The third-order valence-corrected chi connectivity index (χ3v) is 5.97. The molecule has 2 aliphatic rings. The second-order valence-corrected chi connectivity index (χ2v) is 7.54. The van der Waals surface area contributed by atoms with Gasteiger partial charge >= 0.3 is 0 Å². The predicted molar refractivity (Wildman–Crippen MR) is 61.1 cm³/mol. The van der Waals surface area contributed by atoms with Crippen molar-refractivity contribution >= 4 is 19.7 Å². The van der Waals surface area contributed by atoms with Gasteiger partial charge in [-0.15, -0.1) is 0 Å². The highest BCUT2D eigenvalue weighted by molar-refractivity contribution is 8.15. The smallest absolute Gasteiger partial charge is 0.238 e. The summed E-state index contributed by atoms with van der Waals surface area (Å²) in [5, 5.41) is 0. The molecule has 1 aliphatic heterocycles. The van der Waals surface area contributed by atoms with Gasteiger partial charge in [0, 0.05) is 23.9 Å². The second-order valence-electron chi connectivity index (χ2n) is 4.58. The van der Waals surface area contributed by atoms with Crippen molar-refractivity contribution in [2.75, 3.05) is 19.8 Å². The summed E-state index contributed by atoms with van der Waals surface area (Å²) in [7, 11) is 2.01. The van der Waals surface area contributed by atoms with Crippen LogP contribution in [-0.4, -0.2) is 39.1 Å². The highest BCUT2D eigenvalue weighted by atomic mass is 35.7. The van der Waals surface area contributed by atoms with Crippen molar-refractivity contribution in [3.8, 4) is 0 Å². The Balaban J connectivity index is 1.65. The zero-order chi connectivity index (χ0) is 11.6. The first-order valence-electron chi connectivity index (χ1n) is 5.67. The molecule has 1 unspecified atom stereocenters. The van der Waals surface area contributed by atoms with E-state index in [4.69, 9.17) is 20.2 Å². The van der Waals surface area contributed by atoms with Gasteiger partial charge in [-0.1, -0.05) is 0 Å². The molecule has 0 aromatic rings. The monoisotopic (exact) mass is 268 g/mol. The summed E-state index contributed by atoms with van der Waals surface area (Å²) in [5.41, 5.74) is 0. The molecule has 1 aliphatic carbocycles. The summed E-state index contributed by atoms with van der Waals surface area (Å²) in [6.07, 6.45) is 3.91. The largest absolute Gasteiger partial charge is 0.379 e. The van der Waals surface area contributed by atoms with Crippen LogP contribution >= 0.6 is 10.7 Å². The molecule has 0 spiro atoms. The molecule has 2 rings (SSSR count). The van der Waals surface area contributed by atoms with E-state index in [0.717, 1.165) is 19.4 Å². The zero-order valence-electron chi connectivity index (χ0n) is 9.15. The van der Waals surface area contributed by atoms with E-state index in [2.05, 4.69) is 0 Å². The minimum Gasteiger partial charge on any atom is -0.379 e. The topological polar surface area (TPSA) is 52.6 Å². The quantitative estimate of drug-likeness (QED) is 0.543. The van der Waals surface area contributed by atoms with Crippen LogP contribution in [0.5, 0.6) is 0 Å². The molecule has 4 nitrogen and oxygen atoms in total. The van der Waals surface area contributed by atoms with E-state index in [9.17, 15) is 8.42 Å². The second kappa shape index (κ2) is 4.80. The van der Waals surface area contributed by atoms with Crippen LogP contribution in [0.1, 0.15) is 32.1 Å². The average Bonchev–Trinajstić information content (AvgIpc) is 2.83. The number of rotatable bonds is 6. The molecule has 1 saturated carbocycles. The fraction of sp³-hybridized carbons (Fsp3) is 1.00. The van der Waals surface area contributed by atoms with Gasteiger partial charge in [0.15, 0.2) is 0 Å². The van der Waals surface area contributed by atoms with Gasteiger partial charge in [0.05, 0.1) is 17.5 Å². The first kappa shape index (κ1) is 12.6. The van der Waals surface area contributed by atoms with Gasteiger partial charge in [-0.25, -0.2) is 8.42 Å². The average molecular weight is 269 g/mol. The Labute approximate surface area is 101 Å². The van der Waals surface area contributed by atoms with Gasteiger partial charge in [0.2, 0.25) is 9.05 Å². The number of ether oxygens (including phenoxy) is 2. The van der Waals surface area contributed by atoms with Crippen LogP contribution < -0.4 is 0 Å². The van der Waals surface area contributed by atoms with E-state index in [-0.39, 0.29) is 6.10 Å². The van der Waals surface area contributed by atoms with Crippen LogP contribution in [0.25, 0.3) is 0 Å².